The summed E-state index contributed by atoms with van der Waals surface area (Å²) < 4.78 is 33.2. The molecular weight excluding hydrogens is 594 g/mol. The van der Waals surface area contributed by atoms with Crippen LogP contribution in [0.5, 0.6) is 0 Å². The summed E-state index contributed by atoms with van der Waals surface area (Å²) in [7, 11) is -4.04. The molecule has 1 heterocycles. The van der Waals surface area contributed by atoms with Gasteiger partial charge in [-0.15, -0.1) is 0 Å². The molecule has 0 aliphatic carbocycles. The third kappa shape index (κ3) is 9.10. The van der Waals surface area contributed by atoms with Gasteiger partial charge in [-0.1, -0.05) is 59.6 Å². The summed E-state index contributed by atoms with van der Waals surface area (Å²) in [6.45, 7) is 1.31. The lowest BCUT2D eigenvalue weighted by Crippen LogP contribution is -2.39. The topological polar surface area (TPSA) is 150 Å². The van der Waals surface area contributed by atoms with Crippen LogP contribution < -0.4 is 16.1 Å². The molecule has 43 heavy (non-hydrogen) atoms. The van der Waals surface area contributed by atoms with Crippen molar-refractivity contribution >= 4 is 51.2 Å². The minimum atomic E-state index is -4.04. The molecule has 4 aromatic rings. The molecule has 1 aromatic heterocycles. The highest BCUT2D eigenvalue weighted by Crippen LogP contribution is 2.20. The number of carbonyl (C=O) groups excluding carboxylic acids is 3. The van der Waals surface area contributed by atoms with Crippen molar-refractivity contribution in [1.29, 1.82) is 0 Å². The summed E-state index contributed by atoms with van der Waals surface area (Å²) >= 11 is 5.91. The molecule has 13 heteroatoms. The second kappa shape index (κ2) is 14.4. The van der Waals surface area contributed by atoms with Crippen molar-refractivity contribution < 1.29 is 27.2 Å². The first-order chi connectivity index (χ1) is 20.6. The fourth-order valence-corrected chi connectivity index (χ4v) is 5.27. The minimum Gasteiger partial charge on any atom is -0.458 e. The Morgan fingerprint density at radius 3 is 2.30 bits per heavy atom. The number of amides is 3. The standard InChI is InChI=1S/C30H28ClN5O6S/c1-21-7-11-24(12-8-21)34-30(39)29(38)32-17-25-13-14-26(42-25)18-33-35-28(37)20-36(19-22-5-3-2-4-6-22)43(40,41)27-15-9-23(31)10-16-27/h2-16,18H,17,19-20H2,1H3,(H,32,38)(H,34,39)(H,35,37)/b33-18-. The molecule has 4 rings (SSSR count). The monoisotopic (exact) mass is 621 g/mol. The molecule has 0 saturated heterocycles. The van der Waals surface area contributed by atoms with E-state index in [4.69, 9.17) is 16.0 Å². The van der Waals surface area contributed by atoms with E-state index in [1.807, 2.05) is 19.1 Å². The Bertz CT molecular complexity index is 1710. The third-order valence-electron chi connectivity index (χ3n) is 5.98. The number of anilines is 1. The van der Waals surface area contributed by atoms with Gasteiger partial charge in [-0.3, -0.25) is 14.4 Å². The van der Waals surface area contributed by atoms with Gasteiger partial charge in [0.1, 0.15) is 11.5 Å². The Morgan fingerprint density at radius 1 is 0.907 bits per heavy atom. The van der Waals surface area contributed by atoms with Crippen LogP contribution in [-0.4, -0.2) is 43.2 Å². The predicted octanol–water partition coefficient (Wildman–Crippen LogP) is 3.84. The highest BCUT2D eigenvalue weighted by molar-refractivity contribution is 7.89. The molecule has 0 atom stereocenters. The second-order valence-corrected chi connectivity index (χ2v) is 11.7. The van der Waals surface area contributed by atoms with E-state index in [0.717, 1.165) is 9.87 Å². The number of furan rings is 1. The van der Waals surface area contributed by atoms with Crippen molar-refractivity contribution in [1.82, 2.24) is 15.0 Å². The number of hydrogen-bond acceptors (Lipinski definition) is 7. The summed E-state index contributed by atoms with van der Waals surface area (Å²) in [5.41, 5.74) is 4.51. The van der Waals surface area contributed by atoms with Crippen LogP contribution in [0, 0.1) is 6.92 Å². The number of benzene rings is 3. The van der Waals surface area contributed by atoms with Crippen LogP contribution >= 0.6 is 11.6 Å². The van der Waals surface area contributed by atoms with Crippen LogP contribution in [0.1, 0.15) is 22.6 Å². The normalized spacial score (nSPS) is 11.4. The lowest BCUT2D eigenvalue weighted by Gasteiger charge is -2.21. The summed E-state index contributed by atoms with van der Waals surface area (Å²) in [5.74, 6) is -1.74. The zero-order chi connectivity index (χ0) is 30.8. The lowest BCUT2D eigenvalue weighted by atomic mass is 10.2. The molecule has 0 spiro atoms. The van der Waals surface area contributed by atoms with Crippen LogP contribution in [0.3, 0.4) is 0 Å². The van der Waals surface area contributed by atoms with Crippen molar-refractivity contribution in [2.24, 2.45) is 5.10 Å². The molecule has 0 aliphatic heterocycles. The van der Waals surface area contributed by atoms with Crippen molar-refractivity contribution in [2.45, 2.75) is 24.9 Å². The predicted molar refractivity (Wildman–Crippen MR) is 162 cm³/mol. The van der Waals surface area contributed by atoms with Gasteiger partial charge in [-0.05, 0) is 61.0 Å². The number of hydrazone groups is 1. The van der Waals surface area contributed by atoms with E-state index in [2.05, 4.69) is 21.2 Å². The Morgan fingerprint density at radius 2 is 1.60 bits per heavy atom. The lowest BCUT2D eigenvalue weighted by molar-refractivity contribution is -0.136. The number of rotatable bonds is 11. The Labute approximate surface area is 253 Å². The van der Waals surface area contributed by atoms with Gasteiger partial charge < -0.3 is 15.1 Å². The number of nitrogens with zero attached hydrogens (tertiary/aromatic N) is 2. The van der Waals surface area contributed by atoms with E-state index in [1.165, 1.54) is 30.5 Å². The molecule has 0 unspecified atom stereocenters. The van der Waals surface area contributed by atoms with Crippen LogP contribution in [0.2, 0.25) is 5.02 Å². The van der Waals surface area contributed by atoms with Gasteiger partial charge in [-0.25, -0.2) is 13.8 Å². The maximum Gasteiger partial charge on any atom is 0.313 e. The summed E-state index contributed by atoms with van der Waals surface area (Å²) in [5, 5.41) is 9.20. The van der Waals surface area contributed by atoms with Gasteiger partial charge in [0.25, 0.3) is 5.91 Å². The van der Waals surface area contributed by atoms with Crippen LogP contribution in [-0.2, 0) is 37.5 Å². The first-order valence-corrected chi connectivity index (χ1v) is 14.8. The SMILES string of the molecule is Cc1ccc(NC(=O)C(=O)NCc2ccc(/C=N\NC(=O)CN(Cc3ccccc3)S(=O)(=O)c3ccc(Cl)cc3)o2)cc1. The fraction of sp³-hybridized carbons (Fsp3) is 0.133. The van der Waals surface area contributed by atoms with Gasteiger partial charge in [-0.2, -0.15) is 9.41 Å². The largest absolute Gasteiger partial charge is 0.458 e. The summed E-state index contributed by atoms with van der Waals surface area (Å²) in [6.07, 6.45) is 1.22. The van der Waals surface area contributed by atoms with E-state index in [0.29, 0.717) is 22.0 Å². The number of carbonyl (C=O) groups is 3. The van der Waals surface area contributed by atoms with Gasteiger partial charge in [0.05, 0.1) is 24.2 Å². The first-order valence-electron chi connectivity index (χ1n) is 13.0. The van der Waals surface area contributed by atoms with Gasteiger partial charge in [0.2, 0.25) is 10.0 Å². The van der Waals surface area contributed by atoms with Crippen LogP contribution in [0.4, 0.5) is 5.69 Å². The quantitative estimate of drug-likeness (QED) is 0.132. The number of hydrogen-bond donors (Lipinski definition) is 3. The molecule has 0 bridgehead atoms. The average molecular weight is 622 g/mol. The van der Waals surface area contributed by atoms with Crippen molar-refractivity contribution in [3.8, 4) is 0 Å². The highest BCUT2D eigenvalue weighted by atomic mass is 35.5. The summed E-state index contributed by atoms with van der Waals surface area (Å²) in [4.78, 5) is 36.9. The zero-order valence-electron chi connectivity index (χ0n) is 23.0. The number of nitrogens with one attached hydrogen (secondary N) is 3. The fourth-order valence-electron chi connectivity index (χ4n) is 3.76. The van der Waals surface area contributed by atoms with Gasteiger partial charge >= 0.3 is 11.8 Å². The van der Waals surface area contributed by atoms with Crippen molar-refractivity contribution in [3.63, 3.8) is 0 Å². The highest BCUT2D eigenvalue weighted by Gasteiger charge is 2.27. The molecular formula is C30H28ClN5O6S. The van der Waals surface area contributed by atoms with Crippen molar-refractivity contribution in [2.75, 3.05) is 11.9 Å². The third-order valence-corrected chi connectivity index (χ3v) is 8.03. The smallest absolute Gasteiger partial charge is 0.313 e. The zero-order valence-corrected chi connectivity index (χ0v) is 24.6. The minimum absolute atomic E-state index is 0.00744. The molecule has 3 aromatic carbocycles. The maximum atomic E-state index is 13.3. The van der Waals surface area contributed by atoms with Gasteiger partial charge in [0, 0.05) is 17.3 Å². The molecule has 0 fully saturated rings. The molecule has 0 saturated carbocycles. The van der Waals surface area contributed by atoms with E-state index >= 15 is 0 Å². The molecule has 3 amide bonds. The molecule has 222 valence electrons. The van der Waals surface area contributed by atoms with E-state index in [9.17, 15) is 22.8 Å². The maximum absolute atomic E-state index is 13.3. The Hall–Kier alpha value is -4.78. The molecule has 3 N–H and O–H groups in total. The molecule has 0 aliphatic rings. The second-order valence-electron chi connectivity index (χ2n) is 9.31. The number of sulfonamides is 1. The Kier molecular flexibility index (Phi) is 10.4. The Balaban J connectivity index is 1.31. The van der Waals surface area contributed by atoms with Crippen molar-refractivity contribution in [3.05, 3.63) is 119 Å². The molecule has 0 radical (unpaired) electrons. The number of halogens is 1. The van der Waals surface area contributed by atoms with E-state index in [1.54, 1.807) is 54.6 Å². The average Bonchev–Trinajstić information content (AvgIpc) is 3.45. The van der Waals surface area contributed by atoms with E-state index in [-0.39, 0.29) is 23.7 Å². The van der Waals surface area contributed by atoms with Gasteiger partial charge in [0.15, 0.2) is 0 Å². The van der Waals surface area contributed by atoms with Crippen LogP contribution in [0.25, 0.3) is 0 Å². The van der Waals surface area contributed by atoms with Crippen LogP contribution in [0.15, 0.2) is 105 Å². The van der Waals surface area contributed by atoms with E-state index < -0.39 is 34.3 Å². The summed E-state index contributed by atoms with van der Waals surface area (Å²) in [6, 6.07) is 24.7. The molecule has 11 nitrogen and oxygen atoms in total. The first kappa shape index (κ1) is 31.2. The number of aryl methyl sites for hydroxylation is 1.